The summed E-state index contributed by atoms with van der Waals surface area (Å²) in [6.45, 7) is 4.15. The SMILES string of the molecule is C[C@@H](O)[C@H]1C(=O)N2C(C(=O)O)=C(S[C@H]3C[C@@H](C(=O)Nc4cccc(C(=O)O)c4)N(Cc4cc(Cl)cc(Cl)c4)C3)[C@H](C)[C@H]12. The van der Waals surface area contributed by atoms with Gasteiger partial charge in [-0.2, -0.15) is 0 Å². The Bertz CT molecular complexity index is 1480. The average Bonchev–Trinajstić information content (AvgIpc) is 3.40. The molecule has 0 aromatic heterocycles. The molecule has 222 valence electrons. The number of thioether (sulfide) groups is 1. The number of anilines is 1. The second kappa shape index (κ2) is 11.9. The number of carboxylic acid groups (broad SMARTS) is 2. The van der Waals surface area contributed by atoms with Gasteiger partial charge in [-0.25, -0.2) is 9.59 Å². The maximum Gasteiger partial charge on any atom is 0.353 e. The van der Waals surface area contributed by atoms with Crippen LogP contribution in [0.4, 0.5) is 5.69 Å². The minimum Gasteiger partial charge on any atom is -0.478 e. The Labute approximate surface area is 256 Å². The Balaban J connectivity index is 1.41. The molecule has 13 heteroatoms. The predicted octanol–water partition coefficient (Wildman–Crippen LogP) is 4.16. The first-order valence-corrected chi connectivity index (χ1v) is 15.0. The van der Waals surface area contributed by atoms with E-state index in [2.05, 4.69) is 5.32 Å². The number of hydrogen-bond acceptors (Lipinski definition) is 7. The summed E-state index contributed by atoms with van der Waals surface area (Å²) >= 11 is 13.8. The van der Waals surface area contributed by atoms with Crippen LogP contribution in [0.2, 0.25) is 10.0 Å². The number of carbonyl (C=O) groups excluding carboxylic acids is 2. The Morgan fingerprint density at radius 1 is 1.10 bits per heavy atom. The highest BCUT2D eigenvalue weighted by Crippen LogP contribution is 2.52. The van der Waals surface area contributed by atoms with Crippen LogP contribution in [0.15, 0.2) is 53.1 Å². The van der Waals surface area contributed by atoms with Crippen LogP contribution in [-0.2, 0) is 20.9 Å². The number of carboxylic acids is 2. The van der Waals surface area contributed by atoms with Crippen molar-refractivity contribution in [2.45, 2.75) is 50.3 Å². The van der Waals surface area contributed by atoms with Gasteiger partial charge in [0.2, 0.25) is 11.8 Å². The lowest BCUT2D eigenvalue weighted by Crippen LogP contribution is -2.63. The summed E-state index contributed by atoms with van der Waals surface area (Å²) < 4.78 is 0. The monoisotopic (exact) mass is 633 g/mol. The fraction of sp³-hybridized carbons (Fsp3) is 0.379. The van der Waals surface area contributed by atoms with Crippen molar-refractivity contribution < 1.29 is 34.5 Å². The molecule has 0 unspecified atom stereocenters. The van der Waals surface area contributed by atoms with E-state index in [0.29, 0.717) is 40.1 Å². The molecule has 0 aliphatic carbocycles. The maximum absolute atomic E-state index is 13.6. The van der Waals surface area contributed by atoms with Gasteiger partial charge in [0, 0.05) is 44.9 Å². The fourth-order valence-electron chi connectivity index (χ4n) is 6.14. The number of halogens is 2. The zero-order valence-corrected chi connectivity index (χ0v) is 25.0. The molecule has 2 aromatic carbocycles. The number of aromatic carboxylic acids is 1. The lowest BCUT2D eigenvalue weighted by Gasteiger charge is -2.46. The number of carbonyl (C=O) groups is 4. The minimum absolute atomic E-state index is 0.0381. The number of fused-ring (bicyclic) bond motifs is 1. The molecule has 2 saturated heterocycles. The molecule has 10 nitrogen and oxygen atoms in total. The van der Waals surface area contributed by atoms with Gasteiger partial charge in [0.25, 0.3) is 0 Å². The average molecular weight is 635 g/mol. The van der Waals surface area contributed by atoms with Crippen molar-refractivity contribution in [3.63, 3.8) is 0 Å². The molecule has 0 radical (unpaired) electrons. The quantitative estimate of drug-likeness (QED) is 0.299. The largest absolute Gasteiger partial charge is 0.478 e. The highest BCUT2D eigenvalue weighted by molar-refractivity contribution is 8.03. The number of nitrogens with zero attached hydrogens (tertiary/aromatic N) is 2. The Kier molecular flexibility index (Phi) is 8.60. The van der Waals surface area contributed by atoms with E-state index in [1.54, 1.807) is 30.3 Å². The standard InChI is InChI=1S/C29H29Cl2N3O7S/c1-13-23-22(14(2)35)27(37)34(23)24(29(40)41)25(13)42-20-10-21(26(36)32-19-5-3-4-16(8-19)28(38)39)33(12-20)11-15-6-17(30)9-18(31)7-15/h3-9,13-14,20-23,35H,10-12H2,1-2H3,(H,32,36)(H,38,39)(H,40,41)/t13-,14-,20+,21+,22-,23-/m1/s1. The van der Waals surface area contributed by atoms with Gasteiger partial charge in [-0.05, 0) is 55.3 Å². The topological polar surface area (TPSA) is 147 Å². The van der Waals surface area contributed by atoms with Gasteiger partial charge in [-0.1, -0.05) is 36.2 Å². The first-order valence-electron chi connectivity index (χ1n) is 13.3. The molecule has 0 saturated carbocycles. The number of benzene rings is 2. The van der Waals surface area contributed by atoms with Gasteiger partial charge in [0.05, 0.1) is 29.7 Å². The van der Waals surface area contributed by atoms with Gasteiger partial charge in [-0.15, -0.1) is 11.8 Å². The molecule has 2 aromatic rings. The second-order valence-corrected chi connectivity index (χ2v) is 13.1. The fourth-order valence-corrected chi connectivity index (χ4v) is 8.27. The number of rotatable bonds is 9. The number of β-lactam (4-membered cyclic amide) rings is 1. The molecule has 3 aliphatic rings. The summed E-state index contributed by atoms with van der Waals surface area (Å²) in [6, 6.07) is 10.0. The number of likely N-dealkylation sites (tertiary alicyclic amines) is 1. The molecular weight excluding hydrogens is 605 g/mol. The zero-order chi connectivity index (χ0) is 30.5. The Morgan fingerprint density at radius 2 is 1.79 bits per heavy atom. The van der Waals surface area contributed by atoms with Crippen molar-refractivity contribution >= 4 is 64.4 Å². The van der Waals surface area contributed by atoms with Crippen LogP contribution in [-0.4, -0.2) is 78.9 Å². The molecule has 3 heterocycles. The maximum atomic E-state index is 13.6. The summed E-state index contributed by atoms with van der Waals surface area (Å²) in [5, 5.41) is 33.1. The Hall–Kier alpha value is -3.09. The zero-order valence-electron chi connectivity index (χ0n) is 22.7. The van der Waals surface area contributed by atoms with Gasteiger partial charge in [-0.3, -0.25) is 14.5 Å². The highest BCUT2D eigenvalue weighted by atomic mass is 35.5. The molecule has 5 rings (SSSR count). The Morgan fingerprint density at radius 3 is 2.40 bits per heavy atom. The lowest BCUT2D eigenvalue weighted by molar-refractivity contribution is -0.163. The van der Waals surface area contributed by atoms with E-state index in [1.165, 1.54) is 35.7 Å². The highest BCUT2D eigenvalue weighted by Gasteiger charge is 2.60. The van der Waals surface area contributed by atoms with Gasteiger partial charge in [0.15, 0.2) is 0 Å². The van der Waals surface area contributed by atoms with Gasteiger partial charge in [0.1, 0.15) is 5.70 Å². The van der Waals surface area contributed by atoms with Crippen molar-refractivity contribution in [1.29, 1.82) is 0 Å². The molecule has 4 N–H and O–H groups in total. The van der Waals surface area contributed by atoms with Crippen LogP contribution < -0.4 is 5.32 Å². The van der Waals surface area contributed by atoms with E-state index in [1.807, 2.05) is 11.8 Å². The predicted molar refractivity (Wildman–Crippen MR) is 158 cm³/mol. The van der Waals surface area contributed by atoms with Crippen LogP contribution >= 0.6 is 35.0 Å². The molecular formula is C29H29Cl2N3O7S. The number of nitrogens with one attached hydrogen (secondary N) is 1. The van der Waals surface area contributed by atoms with Crippen LogP contribution in [0, 0.1) is 11.8 Å². The summed E-state index contributed by atoms with van der Waals surface area (Å²) in [7, 11) is 0. The van der Waals surface area contributed by atoms with E-state index >= 15 is 0 Å². The molecule has 0 spiro atoms. The molecule has 42 heavy (non-hydrogen) atoms. The van der Waals surface area contributed by atoms with E-state index in [0.717, 1.165) is 5.56 Å². The van der Waals surface area contributed by atoms with Crippen LogP contribution in [0.25, 0.3) is 0 Å². The van der Waals surface area contributed by atoms with Gasteiger partial charge >= 0.3 is 11.9 Å². The van der Waals surface area contributed by atoms with Crippen molar-refractivity contribution in [2.75, 3.05) is 11.9 Å². The van der Waals surface area contributed by atoms with Crippen molar-refractivity contribution in [1.82, 2.24) is 9.80 Å². The number of aliphatic hydroxyl groups excluding tert-OH is 1. The van der Waals surface area contributed by atoms with Crippen LogP contribution in [0.5, 0.6) is 0 Å². The lowest BCUT2D eigenvalue weighted by atomic mass is 9.79. The van der Waals surface area contributed by atoms with E-state index in [-0.39, 0.29) is 28.3 Å². The molecule has 0 bridgehead atoms. The third-order valence-electron chi connectivity index (χ3n) is 7.96. The van der Waals surface area contributed by atoms with E-state index in [4.69, 9.17) is 23.2 Å². The van der Waals surface area contributed by atoms with Gasteiger partial charge < -0.3 is 25.5 Å². The normalized spacial score (nSPS) is 26.2. The third kappa shape index (κ3) is 5.76. The minimum atomic E-state index is -1.21. The summed E-state index contributed by atoms with van der Waals surface area (Å²) in [5.41, 5.74) is 1.11. The summed E-state index contributed by atoms with van der Waals surface area (Å²) in [4.78, 5) is 53.8. The molecule has 2 fully saturated rings. The molecule has 2 amide bonds. The number of hydrogen-bond donors (Lipinski definition) is 4. The molecule has 6 atom stereocenters. The number of amides is 2. The van der Waals surface area contributed by atoms with Crippen molar-refractivity contribution in [3.8, 4) is 0 Å². The summed E-state index contributed by atoms with van der Waals surface area (Å²) in [6.07, 6.45) is -0.537. The number of aliphatic hydroxyl groups is 1. The third-order valence-corrected chi connectivity index (χ3v) is 9.89. The van der Waals surface area contributed by atoms with Crippen molar-refractivity contribution in [2.24, 2.45) is 11.8 Å². The van der Waals surface area contributed by atoms with E-state index in [9.17, 15) is 34.5 Å². The number of aliphatic carboxylic acids is 1. The van der Waals surface area contributed by atoms with Crippen LogP contribution in [0.3, 0.4) is 0 Å². The first kappa shape index (κ1) is 30.4. The summed E-state index contributed by atoms with van der Waals surface area (Å²) in [5.74, 6) is -4.03. The smallest absolute Gasteiger partial charge is 0.353 e. The molecule has 3 aliphatic heterocycles. The van der Waals surface area contributed by atoms with E-state index < -0.39 is 42.0 Å². The van der Waals surface area contributed by atoms with Crippen molar-refractivity contribution in [3.05, 3.63) is 74.2 Å². The second-order valence-electron chi connectivity index (χ2n) is 10.8. The first-order chi connectivity index (χ1) is 19.8. The van der Waals surface area contributed by atoms with Crippen LogP contribution in [0.1, 0.15) is 36.2 Å².